The summed E-state index contributed by atoms with van der Waals surface area (Å²) < 4.78 is 20.6. The number of nitrogens with one attached hydrogen (secondary N) is 3. The summed E-state index contributed by atoms with van der Waals surface area (Å²) in [6.07, 6.45) is 9.79. The molecule has 42 heavy (non-hydrogen) atoms. The highest BCUT2D eigenvalue weighted by atomic mass is 19.1. The smallest absolute Gasteiger partial charge is 0.252 e. The lowest BCUT2D eigenvalue weighted by molar-refractivity contribution is -0.148. The number of rotatable bonds is 8. The van der Waals surface area contributed by atoms with Gasteiger partial charge in [-0.2, -0.15) is 10.2 Å². The zero-order valence-electron chi connectivity index (χ0n) is 23.5. The van der Waals surface area contributed by atoms with Crippen LogP contribution in [0, 0.1) is 12.7 Å². The molecule has 0 aliphatic heterocycles. The van der Waals surface area contributed by atoms with Crippen molar-refractivity contribution in [3.63, 3.8) is 0 Å². The summed E-state index contributed by atoms with van der Waals surface area (Å²) in [6.45, 7) is 3.83. The van der Waals surface area contributed by atoms with E-state index in [1.807, 2.05) is 32.0 Å². The highest BCUT2D eigenvalue weighted by Gasteiger charge is 2.43. The van der Waals surface area contributed by atoms with Crippen LogP contribution in [0.15, 0.2) is 55.4 Å². The maximum Gasteiger partial charge on any atom is 0.252 e. The number of hydrogen-bond acceptors (Lipinski definition) is 9. The number of H-pyrrole nitrogens is 1. The van der Waals surface area contributed by atoms with E-state index in [1.54, 1.807) is 25.6 Å². The van der Waals surface area contributed by atoms with Crippen molar-refractivity contribution in [1.29, 1.82) is 0 Å². The molecule has 5 heterocycles. The second-order valence-corrected chi connectivity index (χ2v) is 10.6. The Morgan fingerprint density at radius 1 is 1.17 bits per heavy atom. The Kier molecular flexibility index (Phi) is 7.33. The van der Waals surface area contributed by atoms with Crippen molar-refractivity contribution in [2.24, 2.45) is 0 Å². The molecule has 6 rings (SSSR count). The summed E-state index contributed by atoms with van der Waals surface area (Å²) in [7, 11) is 1.58. The molecule has 0 radical (unpaired) electrons. The lowest BCUT2D eigenvalue weighted by Crippen LogP contribution is -2.50. The van der Waals surface area contributed by atoms with Gasteiger partial charge in [-0.3, -0.25) is 9.89 Å². The summed E-state index contributed by atoms with van der Waals surface area (Å²) in [4.78, 5) is 31.6. The van der Waals surface area contributed by atoms with E-state index < -0.39 is 11.4 Å². The first-order chi connectivity index (χ1) is 20.3. The van der Waals surface area contributed by atoms with Crippen molar-refractivity contribution >= 4 is 28.4 Å². The summed E-state index contributed by atoms with van der Waals surface area (Å²) in [6, 6.07) is 7.08. The van der Waals surface area contributed by atoms with Crippen LogP contribution in [0.3, 0.4) is 0 Å². The van der Waals surface area contributed by atoms with E-state index in [9.17, 15) is 9.18 Å². The van der Waals surface area contributed by atoms with Crippen LogP contribution in [0.4, 0.5) is 16.0 Å². The van der Waals surface area contributed by atoms with Crippen LogP contribution in [-0.4, -0.2) is 58.5 Å². The maximum atomic E-state index is 13.6. The third-order valence-electron chi connectivity index (χ3n) is 7.87. The summed E-state index contributed by atoms with van der Waals surface area (Å²) in [5.41, 5.74) is 2.46. The molecule has 1 amide bonds. The number of anilines is 2. The van der Waals surface area contributed by atoms with E-state index in [1.165, 1.54) is 17.2 Å². The highest BCUT2D eigenvalue weighted by molar-refractivity contribution is 5.86. The van der Waals surface area contributed by atoms with Crippen molar-refractivity contribution in [1.82, 2.24) is 45.2 Å². The van der Waals surface area contributed by atoms with Gasteiger partial charge in [0, 0.05) is 42.6 Å². The molecular formula is C29H31FN10O2. The molecule has 1 aliphatic rings. The summed E-state index contributed by atoms with van der Waals surface area (Å²) in [5.74, 6) is 1.30. The minimum absolute atomic E-state index is 0.0856. The molecule has 12 nitrogen and oxygen atoms in total. The van der Waals surface area contributed by atoms with Crippen LogP contribution < -0.4 is 10.6 Å². The number of hydrogen-bond donors (Lipinski definition) is 3. The number of pyridine rings is 2. The topological polar surface area (TPSA) is 148 Å². The van der Waals surface area contributed by atoms with Crippen molar-refractivity contribution in [2.75, 3.05) is 12.4 Å². The minimum atomic E-state index is -0.960. The van der Waals surface area contributed by atoms with Crippen LogP contribution in [0.5, 0.6) is 0 Å². The molecule has 1 aliphatic carbocycles. The van der Waals surface area contributed by atoms with Crippen LogP contribution in [0.25, 0.3) is 16.7 Å². The number of nitrogens with zero attached hydrogens (tertiary/aromatic N) is 7. The van der Waals surface area contributed by atoms with Gasteiger partial charge in [0.1, 0.15) is 17.7 Å². The number of fused-ring (bicyclic) bond motifs is 1. The van der Waals surface area contributed by atoms with Crippen LogP contribution in [0.2, 0.25) is 0 Å². The van der Waals surface area contributed by atoms with Crippen LogP contribution in [-0.2, 0) is 9.53 Å². The van der Waals surface area contributed by atoms with Crippen molar-refractivity contribution in [3.05, 3.63) is 78.1 Å². The zero-order valence-corrected chi connectivity index (χ0v) is 23.5. The molecule has 5 aromatic rings. The Balaban J connectivity index is 1.16. The Morgan fingerprint density at radius 2 is 2.00 bits per heavy atom. The second-order valence-electron chi connectivity index (χ2n) is 10.6. The molecule has 0 unspecified atom stereocenters. The predicted octanol–water partition coefficient (Wildman–Crippen LogP) is 4.44. The van der Waals surface area contributed by atoms with Gasteiger partial charge in [-0.15, -0.1) is 0 Å². The number of amides is 1. The third kappa shape index (κ3) is 5.42. The SMILES string of the molecule is COC1(C(=O)N[C@@H](C)c2ccc(-n3cc(F)cn3)nc2)CCC(c2nc(Nc3cc(C)[nH]n3)cc3cncnc23)CC1. The molecule has 1 saturated carbocycles. The Labute approximate surface area is 241 Å². The molecule has 13 heteroatoms. The normalized spacial score (nSPS) is 19.5. The number of aromatic nitrogens is 8. The average Bonchev–Trinajstić information content (AvgIpc) is 3.64. The Hall–Kier alpha value is -4.78. The number of halogens is 1. The fourth-order valence-electron chi connectivity index (χ4n) is 5.49. The quantitative estimate of drug-likeness (QED) is 0.246. The molecular weight excluding hydrogens is 539 g/mol. The van der Waals surface area contributed by atoms with Gasteiger partial charge in [-0.1, -0.05) is 6.07 Å². The van der Waals surface area contributed by atoms with E-state index in [4.69, 9.17) is 9.72 Å². The third-order valence-corrected chi connectivity index (χ3v) is 7.87. The number of methoxy groups -OCH3 is 1. The zero-order chi connectivity index (χ0) is 29.3. The van der Waals surface area contributed by atoms with Crippen molar-refractivity contribution in [3.8, 4) is 5.82 Å². The molecule has 5 aromatic heterocycles. The minimum Gasteiger partial charge on any atom is -0.368 e. The molecule has 216 valence electrons. The second kappa shape index (κ2) is 11.2. The molecule has 0 saturated heterocycles. The molecule has 0 bridgehead atoms. The van der Waals surface area contributed by atoms with Gasteiger partial charge in [0.05, 0.1) is 29.6 Å². The van der Waals surface area contributed by atoms with E-state index in [-0.39, 0.29) is 17.9 Å². The molecule has 0 spiro atoms. The maximum absolute atomic E-state index is 13.6. The van der Waals surface area contributed by atoms with Gasteiger partial charge in [0.2, 0.25) is 0 Å². The van der Waals surface area contributed by atoms with Gasteiger partial charge in [0.15, 0.2) is 17.5 Å². The van der Waals surface area contributed by atoms with E-state index >= 15 is 0 Å². The number of ether oxygens (including phenoxy) is 1. The molecule has 1 atom stereocenters. The number of carbonyl (C=O) groups excluding carboxylic acids is 1. The average molecular weight is 571 g/mol. The number of carbonyl (C=O) groups is 1. The van der Waals surface area contributed by atoms with Gasteiger partial charge in [-0.25, -0.2) is 29.0 Å². The van der Waals surface area contributed by atoms with Gasteiger partial charge in [-0.05, 0) is 57.2 Å². The van der Waals surface area contributed by atoms with Gasteiger partial charge < -0.3 is 15.4 Å². The summed E-state index contributed by atoms with van der Waals surface area (Å²) >= 11 is 0. The predicted molar refractivity (Wildman–Crippen MR) is 153 cm³/mol. The fourth-order valence-corrected chi connectivity index (χ4v) is 5.49. The van der Waals surface area contributed by atoms with E-state index in [0.29, 0.717) is 43.1 Å². The first kappa shape index (κ1) is 27.4. The highest BCUT2D eigenvalue weighted by Crippen LogP contribution is 2.41. The first-order valence-corrected chi connectivity index (χ1v) is 13.8. The Bertz CT molecular complexity index is 1710. The van der Waals surface area contributed by atoms with E-state index in [2.05, 4.69) is 40.9 Å². The molecule has 1 fully saturated rings. The number of aromatic amines is 1. The lowest BCUT2D eigenvalue weighted by atomic mass is 9.76. The molecule has 3 N–H and O–H groups in total. The van der Waals surface area contributed by atoms with Gasteiger partial charge in [0.25, 0.3) is 5.91 Å². The van der Waals surface area contributed by atoms with E-state index in [0.717, 1.165) is 34.1 Å². The fraction of sp³-hybridized carbons (Fsp3) is 0.345. The largest absolute Gasteiger partial charge is 0.368 e. The lowest BCUT2D eigenvalue weighted by Gasteiger charge is -2.38. The van der Waals surface area contributed by atoms with Crippen LogP contribution in [0.1, 0.15) is 61.5 Å². The first-order valence-electron chi connectivity index (χ1n) is 13.8. The standard InChI is InChI=1S/C29H31FN10O2/c1-17-10-24(39-38-17)36-23-11-21-12-31-16-33-26(21)27(37-23)19-6-8-29(42-3,9-7-19)28(41)35-18(2)20-4-5-25(32-13-20)40-15-22(30)14-34-40/h4-5,10-16,18-19H,6-9H2,1-3H3,(H,35,41)(H2,36,37,38,39)/t18-,19?,29?/m0/s1. The van der Waals surface area contributed by atoms with Crippen LogP contribution >= 0.6 is 0 Å². The molecule has 0 aromatic carbocycles. The van der Waals surface area contributed by atoms with Crippen molar-refractivity contribution < 1.29 is 13.9 Å². The summed E-state index contributed by atoms with van der Waals surface area (Å²) in [5, 5.41) is 18.4. The monoisotopic (exact) mass is 570 g/mol. The van der Waals surface area contributed by atoms with Crippen molar-refractivity contribution in [2.45, 2.75) is 57.1 Å². The Morgan fingerprint density at radius 3 is 2.67 bits per heavy atom. The number of aryl methyl sites for hydroxylation is 1. The van der Waals surface area contributed by atoms with Gasteiger partial charge >= 0.3 is 0 Å².